The first kappa shape index (κ1) is 13.7. The lowest BCUT2D eigenvalue weighted by molar-refractivity contribution is 0.415. The van der Waals surface area contributed by atoms with Crippen molar-refractivity contribution < 1.29 is 4.74 Å². The van der Waals surface area contributed by atoms with Crippen molar-refractivity contribution in [1.82, 2.24) is 4.98 Å². The molecule has 0 saturated heterocycles. The van der Waals surface area contributed by atoms with Crippen LogP contribution in [0, 0.1) is 6.92 Å². The minimum Gasteiger partial charge on any atom is -0.496 e. The largest absolute Gasteiger partial charge is 0.496 e. The molecule has 1 heterocycles. The summed E-state index contributed by atoms with van der Waals surface area (Å²) in [6, 6.07) is 13.1. The number of fused-ring (bicyclic) bond motifs is 1. The zero-order valence-corrected chi connectivity index (χ0v) is 13.0. The summed E-state index contributed by atoms with van der Waals surface area (Å²) in [4.78, 5) is 3.26. The Bertz CT molecular complexity index is 783. The predicted octanol–water partition coefficient (Wildman–Crippen LogP) is 5.28. The quantitative estimate of drug-likeness (QED) is 0.693. The lowest BCUT2D eigenvalue weighted by Gasteiger charge is -2.14. The fourth-order valence-electron chi connectivity index (χ4n) is 2.79. The Kier molecular flexibility index (Phi) is 3.46. The summed E-state index contributed by atoms with van der Waals surface area (Å²) >= 11 is 0. The molecule has 0 aliphatic carbocycles. The average molecular weight is 279 g/mol. The van der Waals surface area contributed by atoms with Gasteiger partial charge in [0.2, 0.25) is 0 Å². The molecule has 2 nitrogen and oxygen atoms in total. The van der Waals surface area contributed by atoms with Crippen LogP contribution in [0.3, 0.4) is 0 Å². The monoisotopic (exact) mass is 279 g/mol. The van der Waals surface area contributed by atoms with E-state index < -0.39 is 0 Å². The van der Waals surface area contributed by atoms with Crippen molar-refractivity contribution in [3.05, 3.63) is 53.7 Å². The molecule has 0 saturated carbocycles. The molecule has 0 radical (unpaired) electrons. The molecule has 0 aliphatic heterocycles. The summed E-state index contributed by atoms with van der Waals surface area (Å²) in [5.74, 6) is 1.44. The number of H-pyrrole nitrogens is 1. The Morgan fingerprint density at radius 3 is 2.52 bits per heavy atom. The highest BCUT2D eigenvalue weighted by Crippen LogP contribution is 2.36. The van der Waals surface area contributed by atoms with E-state index in [2.05, 4.69) is 62.2 Å². The van der Waals surface area contributed by atoms with E-state index in [9.17, 15) is 0 Å². The van der Waals surface area contributed by atoms with Gasteiger partial charge in [0.25, 0.3) is 0 Å². The van der Waals surface area contributed by atoms with E-state index in [0.29, 0.717) is 5.92 Å². The van der Waals surface area contributed by atoms with Gasteiger partial charge in [-0.2, -0.15) is 0 Å². The third-order valence-corrected chi connectivity index (χ3v) is 4.08. The van der Waals surface area contributed by atoms with Crippen molar-refractivity contribution in [1.29, 1.82) is 0 Å². The van der Waals surface area contributed by atoms with Gasteiger partial charge >= 0.3 is 0 Å². The van der Waals surface area contributed by atoms with Crippen molar-refractivity contribution in [2.24, 2.45) is 0 Å². The number of rotatable bonds is 3. The van der Waals surface area contributed by atoms with Crippen molar-refractivity contribution >= 4 is 10.9 Å². The molecule has 1 aromatic heterocycles. The molecular weight excluding hydrogens is 258 g/mol. The van der Waals surface area contributed by atoms with E-state index in [1.54, 1.807) is 7.11 Å². The van der Waals surface area contributed by atoms with Gasteiger partial charge in [-0.25, -0.2) is 0 Å². The summed E-state index contributed by atoms with van der Waals surface area (Å²) in [5.41, 5.74) is 6.11. The van der Waals surface area contributed by atoms with E-state index in [-0.39, 0.29) is 0 Å². The molecule has 0 unspecified atom stereocenters. The first-order valence-electron chi connectivity index (χ1n) is 7.36. The molecule has 1 N–H and O–H groups in total. The minimum atomic E-state index is 0.501. The van der Waals surface area contributed by atoms with Gasteiger partial charge in [-0.15, -0.1) is 0 Å². The smallest absolute Gasteiger partial charge is 0.126 e. The van der Waals surface area contributed by atoms with Gasteiger partial charge in [0.15, 0.2) is 0 Å². The van der Waals surface area contributed by atoms with Crippen LogP contribution in [-0.2, 0) is 0 Å². The fourth-order valence-corrected chi connectivity index (χ4v) is 2.79. The summed E-state index contributed by atoms with van der Waals surface area (Å²) in [7, 11) is 1.74. The molecule has 2 aromatic carbocycles. The molecule has 0 fully saturated rings. The number of benzene rings is 2. The Morgan fingerprint density at radius 2 is 1.81 bits per heavy atom. The Hall–Kier alpha value is -2.22. The number of aromatic amines is 1. The minimum absolute atomic E-state index is 0.501. The van der Waals surface area contributed by atoms with Crippen LogP contribution < -0.4 is 4.74 Å². The third-order valence-electron chi connectivity index (χ3n) is 4.08. The number of aryl methyl sites for hydroxylation is 1. The molecule has 0 atom stereocenters. The van der Waals surface area contributed by atoms with Gasteiger partial charge in [0, 0.05) is 17.3 Å². The molecule has 0 bridgehead atoms. The lowest BCUT2D eigenvalue weighted by Crippen LogP contribution is -1.94. The molecule has 0 spiro atoms. The maximum Gasteiger partial charge on any atom is 0.126 e. The molecule has 2 heteroatoms. The van der Waals surface area contributed by atoms with Gasteiger partial charge in [-0.3, -0.25) is 0 Å². The normalized spacial score (nSPS) is 11.3. The predicted molar refractivity (Wildman–Crippen MR) is 89.1 cm³/mol. The maximum absolute atomic E-state index is 5.63. The number of hydrogen-bond acceptors (Lipinski definition) is 1. The van der Waals surface area contributed by atoms with Gasteiger partial charge in [0.05, 0.1) is 7.11 Å². The average Bonchev–Trinajstić information content (AvgIpc) is 2.92. The van der Waals surface area contributed by atoms with Crippen molar-refractivity contribution in [2.45, 2.75) is 26.7 Å². The second kappa shape index (κ2) is 5.28. The SMILES string of the molecule is COc1cc(C(C)C)ccc1-c1cc2cc[nH]c2cc1C. The van der Waals surface area contributed by atoms with E-state index in [0.717, 1.165) is 11.3 Å². The lowest BCUT2D eigenvalue weighted by atomic mass is 9.94. The number of aromatic nitrogens is 1. The van der Waals surface area contributed by atoms with E-state index >= 15 is 0 Å². The first-order chi connectivity index (χ1) is 10.1. The van der Waals surface area contributed by atoms with Gasteiger partial charge in [-0.1, -0.05) is 26.0 Å². The second-order valence-electron chi connectivity index (χ2n) is 5.85. The van der Waals surface area contributed by atoms with Gasteiger partial charge in [0.1, 0.15) is 5.75 Å². The molecular formula is C19H21NO. The highest BCUT2D eigenvalue weighted by Gasteiger charge is 2.12. The van der Waals surface area contributed by atoms with Crippen LogP contribution in [-0.4, -0.2) is 12.1 Å². The molecule has 108 valence electrons. The molecule has 0 amide bonds. The highest BCUT2D eigenvalue weighted by atomic mass is 16.5. The van der Waals surface area contributed by atoms with Crippen molar-refractivity contribution in [2.75, 3.05) is 7.11 Å². The van der Waals surface area contributed by atoms with Crippen LogP contribution in [0.5, 0.6) is 5.75 Å². The van der Waals surface area contributed by atoms with Crippen LogP contribution in [0.4, 0.5) is 0 Å². The zero-order valence-electron chi connectivity index (χ0n) is 13.0. The number of hydrogen-bond donors (Lipinski definition) is 1. The molecule has 3 aromatic rings. The third kappa shape index (κ3) is 2.42. The summed E-state index contributed by atoms with van der Waals surface area (Å²) in [6.45, 7) is 6.54. The Morgan fingerprint density at radius 1 is 1.00 bits per heavy atom. The van der Waals surface area contributed by atoms with Gasteiger partial charge < -0.3 is 9.72 Å². The van der Waals surface area contributed by atoms with Crippen molar-refractivity contribution in [3.8, 4) is 16.9 Å². The number of nitrogens with one attached hydrogen (secondary N) is 1. The molecule has 0 aliphatic rings. The van der Waals surface area contributed by atoms with Crippen LogP contribution >= 0.6 is 0 Å². The van der Waals surface area contributed by atoms with Gasteiger partial charge in [-0.05, 0) is 59.2 Å². The maximum atomic E-state index is 5.63. The summed E-state index contributed by atoms with van der Waals surface area (Å²) in [6.07, 6.45) is 1.98. The second-order valence-corrected chi connectivity index (χ2v) is 5.85. The summed E-state index contributed by atoms with van der Waals surface area (Å²) in [5, 5.41) is 1.23. The number of ether oxygens (including phenoxy) is 1. The van der Waals surface area contributed by atoms with Crippen LogP contribution in [0.25, 0.3) is 22.0 Å². The summed E-state index contributed by atoms with van der Waals surface area (Å²) < 4.78 is 5.63. The fraction of sp³-hybridized carbons (Fsp3) is 0.263. The number of methoxy groups -OCH3 is 1. The standard InChI is InChI=1S/C19H21NO/c1-12(2)14-5-6-16(19(11-14)21-4)17-10-15-7-8-20-18(15)9-13(17)3/h5-12,20H,1-4H3. The van der Waals surface area contributed by atoms with E-state index in [4.69, 9.17) is 4.74 Å². The Balaban J connectivity index is 2.19. The van der Waals surface area contributed by atoms with Crippen LogP contribution in [0.15, 0.2) is 42.6 Å². The molecule has 21 heavy (non-hydrogen) atoms. The topological polar surface area (TPSA) is 25.0 Å². The van der Waals surface area contributed by atoms with Crippen LogP contribution in [0.2, 0.25) is 0 Å². The van der Waals surface area contributed by atoms with Crippen LogP contribution in [0.1, 0.15) is 30.9 Å². The molecule has 3 rings (SSSR count). The first-order valence-corrected chi connectivity index (χ1v) is 7.36. The van der Waals surface area contributed by atoms with E-state index in [1.165, 1.54) is 27.6 Å². The van der Waals surface area contributed by atoms with Crippen molar-refractivity contribution in [3.63, 3.8) is 0 Å². The zero-order chi connectivity index (χ0) is 15.0. The highest BCUT2D eigenvalue weighted by molar-refractivity contribution is 5.88. The van der Waals surface area contributed by atoms with E-state index in [1.807, 2.05) is 6.20 Å². The Labute approximate surface area is 125 Å².